The summed E-state index contributed by atoms with van der Waals surface area (Å²) in [6.45, 7) is -0.751. The average molecular weight is 387 g/mol. The Morgan fingerprint density at radius 1 is 1.00 bits per heavy atom. The topological polar surface area (TPSA) is 151 Å². The average Bonchev–Trinajstić information content (AvgIpc) is 3.13. The van der Waals surface area contributed by atoms with Crippen molar-refractivity contribution in [3.63, 3.8) is 0 Å². The van der Waals surface area contributed by atoms with Crippen LogP contribution in [0.15, 0.2) is 53.5 Å². The summed E-state index contributed by atoms with van der Waals surface area (Å²) >= 11 is 0. The van der Waals surface area contributed by atoms with E-state index in [4.69, 9.17) is 9.84 Å². The van der Waals surface area contributed by atoms with E-state index in [1.807, 2.05) is 30.3 Å². The molecule has 0 aliphatic heterocycles. The number of aliphatic hydroxyl groups excluding tert-OH is 5. The number of para-hydroxylation sites is 1. The second-order valence-corrected chi connectivity index (χ2v) is 6.15. The first kappa shape index (κ1) is 19.9. The molecule has 4 unspecified atom stereocenters. The SMILES string of the molecule is OCC(O)C(O)C(O)C(O)C=Nc1nc2ccc(Oc3ccccc3)cc2[nH]1. The van der Waals surface area contributed by atoms with Gasteiger partial charge in [0.25, 0.3) is 0 Å². The van der Waals surface area contributed by atoms with Crippen LogP contribution < -0.4 is 4.74 Å². The number of ether oxygens (including phenoxy) is 1. The van der Waals surface area contributed by atoms with Gasteiger partial charge in [-0.3, -0.25) is 0 Å². The molecule has 0 aliphatic rings. The molecule has 1 aromatic heterocycles. The Bertz CT molecular complexity index is 930. The van der Waals surface area contributed by atoms with Gasteiger partial charge in [-0.25, -0.2) is 9.98 Å². The number of nitrogens with zero attached hydrogens (tertiary/aromatic N) is 2. The van der Waals surface area contributed by atoms with Gasteiger partial charge in [0.15, 0.2) is 0 Å². The number of aromatic amines is 1. The quantitative estimate of drug-likeness (QED) is 0.308. The zero-order chi connectivity index (χ0) is 20.1. The summed E-state index contributed by atoms with van der Waals surface area (Å²) in [6.07, 6.45) is -5.61. The fourth-order valence-electron chi connectivity index (χ4n) is 2.50. The number of benzene rings is 2. The molecule has 1 heterocycles. The number of hydrogen-bond donors (Lipinski definition) is 6. The first-order valence-electron chi connectivity index (χ1n) is 8.58. The van der Waals surface area contributed by atoms with Crippen molar-refractivity contribution < 1.29 is 30.3 Å². The van der Waals surface area contributed by atoms with Crippen LogP contribution in [0.5, 0.6) is 11.5 Å². The second-order valence-electron chi connectivity index (χ2n) is 6.15. The van der Waals surface area contributed by atoms with Crippen LogP contribution in [0, 0.1) is 0 Å². The lowest BCUT2D eigenvalue weighted by Crippen LogP contribution is -2.46. The van der Waals surface area contributed by atoms with Crippen LogP contribution in [0.4, 0.5) is 5.95 Å². The molecule has 3 rings (SSSR count). The van der Waals surface area contributed by atoms with E-state index in [0.29, 0.717) is 22.5 Å². The summed E-state index contributed by atoms with van der Waals surface area (Å²) in [4.78, 5) is 11.1. The van der Waals surface area contributed by atoms with E-state index in [1.54, 1.807) is 18.2 Å². The number of nitrogens with one attached hydrogen (secondary N) is 1. The van der Waals surface area contributed by atoms with E-state index in [0.717, 1.165) is 6.21 Å². The van der Waals surface area contributed by atoms with Gasteiger partial charge < -0.3 is 35.3 Å². The van der Waals surface area contributed by atoms with Gasteiger partial charge in [-0.05, 0) is 24.3 Å². The van der Waals surface area contributed by atoms with Crippen LogP contribution in [-0.2, 0) is 0 Å². The third-order valence-electron chi connectivity index (χ3n) is 4.05. The third-order valence-corrected chi connectivity index (χ3v) is 4.05. The number of rotatable bonds is 8. The lowest BCUT2D eigenvalue weighted by molar-refractivity contribution is -0.0999. The largest absolute Gasteiger partial charge is 0.457 e. The maximum Gasteiger partial charge on any atom is 0.227 e. The third kappa shape index (κ3) is 4.71. The summed E-state index contributed by atoms with van der Waals surface area (Å²) in [5.41, 5.74) is 1.28. The van der Waals surface area contributed by atoms with Crippen molar-refractivity contribution in [2.45, 2.75) is 24.4 Å². The summed E-state index contributed by atoms with van der Waals surface area (Å²) in [5, 5.41) is 47.3. The van der Waals surface area contributed by atoms with Gasteiger partial charge in [-0.1, -0.05) is 18.2 Å². The van der Waals surface area contributed by atoms with Gasteiger partial charge in [0.1, 0.15) is 35.9 Å². The molecule has 0 radical (unpaired) electrons. The minimum Gasteiger partial charge on any atom is -0.457 e. The molecular weight excluding hydrogens is 366 g/mol. The fourth-order valence-corrected chi connectivity index (χ4v) is 2.50. The number of aromatic nitrogens is 2. The lowest BCUT2D eigenvalue weighted by Gasteiger charge is -2.23. The molecule has 0 aliphatic carbocycles. The summed E-state index contributed by atoms with van der Waals surface area (Å²) < 4.78 is 5.75. The van der Waals surface area contributed by atoms with Crippen LogP contribution in [-0.4, -0.2) is 72.7 Å². The zero-order valence-corrected chi connectivity index (χ0v) is 14.8. The van der Waals surface area contributed by atoms with E-state index in [2.05, 4.69) is 15.0 Å². The molecule has 6 N–H and O–H groups in total. The first-order valence-corrected chi connectivity index (χ1v) is 8.58. The molecule has 0 fully saturated rings. The van der Waals surface area contributed by atoms with Crippen LogP contribution in [0.1, 0.15) is 0 Å². The first-order chi connectivity index (χ1) is 13.5. The van der Waals surface area contributed by atoms with Crippen LogP contribution >= 0.6 is 0 Å². The predicted octanol–water partition coefficient (Wildman–Crippen LogP) is 0.493. The minimum atomic E-state index is -1.72. The minimum absolute atomic E-state index is 0.176. The highest BCUT2D eigenvalue weighted by atomic mass is 16.5. The highest BCUT2D eigenvalue weighted by Crippen LogP contribution is 2.25. The van der Waals surface area contributed by atoms with Gasteiger partial charge >= 0.3 is 0 Å². The molecule has 4 atom stereocenters. The Kier molecular flexibility index (Phi) is 6.34. The lowest BCUT2D eigenvalue weighted by atomic mass is 10.0. The Hall–Kier alpha value is -2.82. The standard InChI is InChI=1S/C19H21N3O6/c23-10-16(25)18(27)17(26)15(24)9-20-19-21-13-7-6-12(8-14(13)22-19)28-11-4-2-1-3-5-11/h1-9,15-18,23-27H,10H2,(H,21,22). The highest BCUT2D eigenvalue weighted by molar-refractivity contribution is 5.79. The van der Waals surface area contributed by atoms with Crippen molar-refractivity contribution in [1.29, 1.82) is 0 Å². The van der Waals surface area contributed by atoms with Gasteiger partial charge in [0.2, 0.25) is 5.95 Å². The molecule has 0 saturated heterocycles. The van der Waals surface area contributed by atoms with Crippen LogP contribution in [0.25, 0.3) is 11.0 Å². The Labute approximate surface area is 160 Å². The normalized spacial score (nSPS) is 16.2. The van der Waals surface area contributed by atoms with Crippen LogP contribution in [0.2, 0.25) is 0 Å². The Balaban J connectivity index is 1.71. The number of H-pyrrole nitrogens is 1. The predicted molar refractivity (Wildman–Crippen MR) is 102 cm³/mol. The summed E-state index contributed by atoms with van der Waals surface area (Å²) in [5.74, 6) is 1.48. The van der Waals surface area contributed by atoms with E-state index < -0.39 is 31.0 Å². The van der Waals surface area contributed by atoms with Gasteiger partial charge in [0.05, 0.1) is 17.6 Å². The number of hydrogen-bond acceptors (Lipinski definition) is 8. The van der Waals surface area contributed by atoms with E-state index in [-0.39, 0.29) is 5.95 Å². The molecule has 9 nitrogen and oxygen atoms in total. The Morgan fingerprint density at radius 2 is 1.75 bits per heavy atom. The summed E-state index contributed by atoms with van der Waals surface area (Å²) in [7, 11) is 0. The number of imidazole rings is 1. The van der Waals surface area contributed by atoms with Crippen molar-refractivity contribution in [3.05, 3.63) is 48.5 Å². The molecule has 148 valence electrons. The van der Waals surface area contributed by atoms with Crippen molar-refractivity contribution in [3.8, 4) is 11.5 Å². The molecule has 0 bridgehead atoms. The van der Waals surface area contributed by atoms with Gasteiger partial charge in [-0.2, -0.15) is 0 Å². The molecular formula is C19H21N3O6. The van der Waals surface area contributed by atoms with Gasteiger partial charge in [-0.15, -0.1) is 0 Å². The van der Waals surface area contributed by atoms with Gasteiger partial charge in [0, 0.05) is 12.3 Å². The number of aliphatic hydroxyl groups is 5. The molecule has 2 aromatic carbocycles. The number of aliphatic imine (C=N–C) groups is 1. The van der Waals surface area contributed by atoms with E-state index >= 15 is 0 Å². The Morgan fingerprint density at radius 3 is 2.46 bits per heavy atom. The van der Waals surface area contributed by atoms with E-state index in [1.165, 1.54) is 0 Å². The van der Waals surface area contributed by atoms with E-state index in [9.17, 15) is 20.4 Å². The van der Waals surface area contributed by atoms with Crippen LogP contribution in [0.3, 0.4) is 0 Å². The molecule has 0 saturated carbocycles. The fraction of sp³-hybridized carbons (Fsp3) is 0.263. The molecule has 0 spiro atoms. The molecule has 28 heavy (non-hydrogen) atoms. The number of fused-ring (bicyclic) bond motifs is 1. The zero-order valence-electron chi connectivity index (χ0n) is 14.8. The molecule has 9 heteroatoms. The smallest absolute Gasteiger partial charge is 0.227 e. The maximum absolute atomic E-state index is 9.86. The maximum atomic E-state index is 9.86. The molecule has 3 aromatic rings. The monoisotopic (exact) mass is 387 g/mol. The van der Waals surface area contributed by atoms with Crippen molar-refractivity contribution in [2.75, 3.05) is 6.61 Å². The van der Waals surface area contributed by atoms with Crippen molar-refractivity contribution >= 4 is 23.2 Å². The molecule has 0 amide bonds. The summed E-state index contributed by atoms with van der Waals surface area (Å²) in [6, 6.07) is 14.6. The second kappa shape index (κ2) is 8.91. The van der Waals surface area contributed by atoms with Crippen molar-refractivity contribution in [2.24, 2.45) is 4.99 Å². The highest BCUT2D eigenvalue weighted by Gasteiger charge is 2.29. The van der Waals surface area contributed by atoms with Crippen molar-refractivity contribution in [1.82, 2.24) is 9.97 Å².